The molecule has 2 rings (SSSR count). The Labute approximate surface area is 133 Å². The summed E-state index contributed by atoms with van der Waals surface area (Å²) in [5.41, 5.74) is 1.64. The number of halogens is 3. The van der Waals surface area contributed by atoms with E-state index in [0.717, 1.165) is 11.6 Å². The minimum Gasteiger partial charge on any atom is -0.493 e. The van der Waals surface area contributed by atoms with Crippen molar-refractivity contribution in [2.24, 2.45) is 0 Å². The second kappa shape index (κ2) is 7.72. The molecule has 23 heavy (non-hydrogen) atoms. The number of methoxy groups -OCH3 is 1. The Hall–Kier alpha value is -2.43. The van der Waals surface area contributed by atoms with E-state index >= 15 is 0 Å². The maximum Gasteiger partial charge on any atom is 0.392 e. The zero-order valence-electron chi connectivity index (χ0n) is 12.6. The Morgan fingerprint density at radius 3 is 2.39 bits per heavy atom. The molecule has 0 heterocycles. The summed E-state index contributed by atoms with van der Waals surface area (Å²) in [6.45, 7) is 0.389. The summed E-state index contributed by atoms with van der Waals surface area (Å²) in [5.74, 6) is 1.03. The summed E-state index contributed by atoms with van der Waals surface area (Å²) in [4.78, 5) is 0. The topological polar surface area (TPSA) is 18.5 Å². The molecule has 0 saturated heterocycles. The van der Waals surface area contributed by atoms with Crippen molar-refractivity contribution < 1.29 is 22.6 Å². The van der Waals surface area contributed by atoms with Crippen molar-refractivity contribution in [3.05, 3.63) is 65.7 Å². The molecule has 0 aliphatic rings. The fraction of sp³-hybridized carbons (Fsp3) is 0.222. The van der Waals surface area contributed by atoms with E-state index in [0.29, 0.717) is 23.7 Å². The Balaban J connectivity index is 2.04. The summed E-state index contributed by atoms with van der Waals surface area (Å²) < 4.78 is 47.3. The van der Waals surface area contributed by atoms with Gasteiger partial charge in [-0.3, -0.25) is 0 Å². The number of hydrogen-bond donors (Lipinski definition) is 0. The number of ether oxygens (including phenoxy) is 2. The van der Waals surface area contributed by atoms with Crippen molar-refractivity contribution in [3.63, 3.8) is 0 Å². The molecule has 0 amide bonds. The average molecular weight is 322 g/mol. The summed E-state index contributed by atoms with van der Waals surface area (Å²) in [5, 5.41) is 0. The monoisotopic (exact) mass is 322 g/mol. The summed E-state index contributed by atoms with van der Waals surface area (Å²) in [7, 11) is 1.49. The van der Waals surface area contributed by atoms with E-state index in [4.69, 9.17) is 9.47 Å². The third-order valence-electron chi connectivity index (χ3n) is 3.08. The molecule has 0 bridgehead atoms. The van der Waals surface area contributed by atoms with E-state index in [1.54, 1.807) is 18.2 Å². The second-order valence-corrected chi connectivity index (χ2v) is 4.91. The molecule has 2 nitrogen and oxygen atoms in total. The van der Waals surface area contributed by atoms with Gasteiger partial charge < -0.3 is 9.47 Å². The fourth-order valence-electron chi connectivity index (χ4n) is 1.97. The smallest absolute Gasteiger partial charge is 0.392 e. The molecule has 0 fully saturated rings. The lowest BCUT2D eigenvalue weighted by atomic mass is 10.1. The Morgan fingerprint density at radius 2 is 1.74 bits per heavy atom. The second-order valence-electron chi connectivity index (χ2n) is 4.91. The molecular weight excluding hydrogens is 305 g/mol. The molecule has 0 aliphatic carbocycles. The molecule has 2 aromatic rings. The van der Waals surface area contributed by atoms with Crippen LogP contribution in [0.1, 0.15) is 17.5 Å². The van der Waals surface area contributed by atoms with Gasteiger partial charge in [0.2, 0.25) is 0 Å². The minimum atomic E-state index is -4.20. The van der Waals surface area contributed by atoms with Crippen molar-refractivity contribution in [1.29, 1.82) is 0 Å². The van der Waals surface area contributed by atoms with Gasteiger partial charge in [0.25, 0.3) is 0 Å². The molecule has 0 N–H and O–H groups in total. The molecule has 5 heteroatoms. The van der Waals surface area contributed by atoms with Crippen LogP contribution in [0, 0.1) is 0 Å². The summed E-state index contributed by atoms with van der Waals surface area (Å²) in [6.07, 6.45) is -2.66. The molecule has 0 atom stereocenters. The quantitative estimate of drug-likeness (QED) is 0.724. The standard InChI is InChI=1S/C18H17F3O2/c1-22-17-12-14(8-5-11-18(19,20)21)9-10-16(17)23-13-15-6-3-2-4-7-15/h2-10,12H,11,13H2,1H3/b8-5+. The molecule has 0 radical (unpaired) electrons. The summed E-state index contributed by atoms with van der Waals surface area (Å²) in [6, 6.07) is 14.7. The highest BCUT2D eigenvalue weighted by atomic mass is 19.4. The van der Waals surface area contributed by atoms with Crippen LogP contribution in [0.2, 0.25) is 0 Å². The van der Waals surface area contributed by atoms with Gasteiger partial charge in [0, 0.05) is 0 Å². The molecule has 0 unspecified atom stereocenters. The third kappa shape index (κ3) is 5.70. The highest BCUT2D eigenvalue weighted by Crippen LogP contribution is 2.29. The zero-order valence-corrected chi connectivity index (χ0v) is 12.6. The van der Waals surface area contributed by atoms with Crippen molar-refractivity contribution >= 4 is 6.08 Å². The van der Waals surface area contributed by atoms with Crippen LogP contribution in [0.5, 0.6) is 11.5 Å². The van der Waals surface area contributed by atoms with Crippen molar-refractivity contribution in [2.45, 2.75) is 19.2 Å². The molecule has 0 aromatic heterocycles. The van der Waals surface area contributed by atoms with Crippen LogP contribution in [0.15, 0.2) is 54.6 Å². The largest absolute Gasteiger partial charge is 0.493 e. The van der Waals surface area contributed by atoms with Crippen LogP contribution >= 0.6 is 0 Å². The van der Waals surface area contributed by atoms with Gasteiger partial charge >= 0.3 is 6.18 Å². The van der Waals surface area contributed by atoms with Gasteiger partial charge in [-0.2, -0.15) is 13.2 Å². The fourth-order valence-corrected chi connectivity index (χ4v) is 1.97. The van der Waals surface area contributed by atoms with Crippen LogP contribution in [-0.2, 0) is 6.61 Å². The minimum absolute atomic E-state index is 0.389. The van der Waals surface area contributed by atoms with E-state index in [-0.39, 0.29) is 0 Å². The van der Waals surface area contributed by atoms with Gasteiger partial charge in [-0.1, -0.05) is 48.6 Å². The van der Waals surface area contributed by atoms with Gasteiger partial charge in [-0.15, -0.1) is 0 Å². The van der Waals surface area contributed by atoms with Gasteiger partial charge in [0.05, 0.1) is 13.5 Å². The first-order chi connectivity index (χ1) is 11.0. The van der Waals surface area contributed by atoms with Gasteiger partial charge in [0.15, 0.2) is 11.5 Å². The third-order valence-corrected chi connectivity index (χ3v) is 3.08. The van der Waals surface area contributed by atoms with E-state index in [2.05, 4.69) is 0 Å². The van der Waals surface area contributed by atoms with E-state index < -0.39 is 12.6 Å². The molecule has 122 valence electrons. The Kier molecular flexibility index (Phi) is 5.68. The van der Waals surface area contributed by atoms with Crippen LogP contribution in [0.4, 0.5) is 13.2 Å². The first kappa shape index (κ1) is 16.9. The number of alkyl halides is 3. The van der Waals surface area contributed by atoms with Crippen LogP contribution in [0.25, 0.3) is 6.08 Å². The van der Waals surface area contributed by atoms with E-state index in [9.17, 15) is 13.2 Å². The van der Waals surface area contributed by atoms with Crippen molar-refractivity contribution in [2.75, 3.05) is 7.11 Å². The average Bonchev–Trinajstić information content (AvgIpc) is 2.53. The molecular formula is C18H17F3O2. The zero-order chi connectivity index (χ0) is 16.7. The van der Waals surface area contributed by atoms with Crippen LogP contribution in [-0.4, -0.2) is 13.3 Å². The van der Waals surface area contributed by atoms with Crippen molar-refractivity contribution in [1.82, 2.24) is 0 Å². The van der Waals surface area contributed by atoms with Gasteiger partial charge in [-0.05, 0) is 23.3 Å². The molecule has 0 saturated carbocycles. The number of benzene rings is 2. The lowest BCUT2D eigenvalue weighted by molar-refractivity contribution is -0.124. The lowest BCUT2D eigenvalue weighted by Gasteiger charge is -2.11. The number of allylic oxidation sites excluding steroid dienone is 1. The van der Waals surface area contributed by atoms with Gasteiger partial charge in [-0.25, -0.2) is 0 Å². The highest BCUT2D eigenvalue weighted by molar-refractivity contribution is 5.55. The van der Waals surface area contributed by atoms with Crippen molar-refractivity contribution in [3.8, 4) is 11.5 Å². The Bertz CT molecular complexity index is 649. The van der Waals surface area contributed by atoms with E-state index in [1.165, 1.54) is 13.2 Å². The Morgan fingerprint density at radius 1 is 1.00 bits per heavy atom. The molecule has 0 aliphatic heterocycles. The predicted octanol–water partition coefficient (Wildman–Crippen LogP) is 5.24. The summed E-state index contributed by atoms with van der Waals surface area (Å²) >= 11 is 0. The number of rotatable bonds is 6. The molecule has 0 spiro atoms. The van der Waals surface area contributed by atoms with E-state index in [1.807, 2.05) is 30.3 Å². The number of hydrogen-bond acceptors (Lipinski definition) is 2. The highest BCUT2D eigenvalue weighted by Gasteiger charge is 2.24. The van der Waals surface area contributed by atoms with Crippen LogP contribution < -0.4 is 9.47 Å². The SMILES string of the molecule is COc1cc(/C=C/CC(F)(F)F)ccc1OCc1ccccc1. The predicted molar refractivity (Wildman–Crippen MR) is 83.5 cm³/mol. The van der Waals surface area contributed by atoms with Crippen LogP contribution in [0.3, 0.4) is 0 Å². The lowest BCUT2D eigenvalue weighted by Crippen LogP contribution is -2.03. The molecule has 2 aromatic carbocycles. The maximum absolute atomic E-state index is 12.1. The first-order valence-electron chi connectivity index (χ1n) is 7.06. The normalized spacial score (nSPS) is 11.7. The first-order valence-corrected chi connectivity index (χ1v) is 7.06. The van der Waals surface area contributed by atoms with Gasteiger partial charge in [0.1, 0.15) is 6.61 Å². The maximum atomic E-state index is 12.1.